The number of alkyl halides is 3. The molecule has 0 spiro atoms. The maximum absolute atomic E-state index is 12.5. The van der Waals surface area contributed by atoms with Gasteiger partial charge in [-0.1, -0.05) is 13.8 Å². The highest BCUT2D eigenvalue weighted by Gasteiger charge is 2.30. The smallest absolute Gasteiger partial charge is 0.264 e. The normalized spacial score (nSPS) is 12.2. The van der Waals surface area contributed by atoms with E-state index in [1.54, 1.807) is 13.8 Å². The Morgan fingerprint density at radius 3 is 2.25 bits per heavy atom. The molecule has 5 nitrogen and oxygen atoms in total. The van der Waals surface area contributed by atoms with Crippen molar-refractivity contribution >= 4 is 15.6 Å². The third-order valence-electron chi connectivity index (χ3n) is 3.42. The van der Waals surface area contributed by atoms with Crippen LogP contribution in [0, 0.1) is 0 Å². The molecular formula is C15H16F3N3O2S. The van der Waals surface area contributed by atoms with Crippen LogP contribution in [0.1, 0.15) is 29.9 Å². The molecule has 1 heterocycles. The second-order valence-electron chi connectivity index (χ2n) is 4.94. The maximum Gasteiger partial charge on any atom is 0.416 e. The number of carbonyl (C=O) groups is 1. The van der Waals surface area contributed by atoms with Crippen LogP contribution in [-0.2, 0) is 15.9 Å². The lowest BCUT2D eigenvalue weighted by Gasteiger charge is -2.07. The van der Waals surface area contributed by atoms with E-state index in [4.69, 9.17) is 0 Å². The Labute approximate surface area is 137 Å². The van der Waals surface area contributed by atoms with Crippen molar-refractivity contribution < 1.29 is 22.2 Å². The molecule has 0 saturated heterocycles. The summed E-state index contributed by atoms with van der Waals surface area (Å²) in [5.41, 5.74) is -0.409. The fourth-order valence-electron chi connectivity index (χ4n) is 1.92. The molecule has 0 aliphatic heterocycles. The SMILES string of the molecule is CCS(=O)(CC)=NC(=O)c1ccn(-c2ccc(C(F)(F)F)cc2)n1. The number of benzene rings is 1. The first-order chi connectivity index (χ1) is 11.2. The first-order valence-corrected chi connectivity index (χ1v) is 9.04. The quantitative estimate of drug-likeness (QED) is 0.839. The van der Waals surface area contributed by atoms with Gasteiger partial charge in [0.2, 0.25) is 0 Å². The number of halogens is 3. The molecule has 0 fully saturated rings. The predicted octanol–water partition coefficient (Wildman–Crippen LogP) is 3.54. The van der Waals surface area contributed by atoms with Crippen LogP contribution in [0.2, 0.25) is 0 Å². The Hall–Kier alpha value is -2.16. The summed E-state index contributed by atoms with van der Waals surface area (Å²) < 4.78 is 54.8. The van der Waals surface area contributed by atoms with Crippen LogP contribution < -0.4 is 0 Å². The summed E-state index contributed by atoms with van der Waals surface area (Å²) in [6.07, 6.45) is -2.98. The maximum atomic E-state index is 12.5. The fourth-order valence-corrected chi connectivity index (χ4v) is 2.98. The van der Waals surface area contributed by atoms with Gasteiger partial charge in [0.25, 0.3) is 0 Å². The molecule has 0 radical (unpaired) electrons. The molecule has 9 heteroatoms. The van der Waals surface area contributed by atoms with Crippen molar-refractivity contribution in [2.75, 3.05) is 11.5 Å². The van der Waals surface area contributed by atoms with E-state index in [1.165, 1.54) is 29.1 Å². The van der Waals surface area contributed by atoms with Gasteiger partial charge in [0, 0.05) is 17.7 Å². The zero-order chi connectivity index (χ0) is 18.0. The van der Waals surface area contributed by atoms with Crippen LogP contribution in [0.15, 0.2) is 40.9 Å². The minimum atomic E-state index is -4.41. The Morgan fingerprint density at radius 1 is 1.17 bits per heavy atom. The van der Waals surface area contributed by atoms with Gasteiger partial charge in [-0.05, 0) is 30.3 Å². The molecule has 0 unspecified atom stereocenters. The second-order valence-corrected chi connectivity index (χ2v) is 7.82. The van der Waals surface area contributed by atoms with Gasteiger partial charge in [-0.2, -0.15) is 22.6 Å². The Balaban J connectivity index is 2.28. The van der Waals surface area contributed by atoms with E-state index in [0.29, 0.717) is 5.69 Å². The van der Waals surface area contributed by atoms with E-state index in [-0.39, 0.29) is 17.2 Å². The van der Waals surface area contributed by atoms with Crippen LogP contribution in [-0.4, -0.2) is 31.4 Å². The highest BCUT2D eigenvalue weighted by molar-refractivity contribution is 7.93. The van der Waals surface area contributed by atoms with Gasteiger partial charge in [-0.25, -0.2) is 8.89 Å². The van der Waals surface area contributed by atoms with Gasteiger partial charge < -0.3 is 0 Å². The number of hydrogen-bond donors (Lipinski definition) is 0. The lowest BCUT2D eigenvalue weighted by atomic mass is 10.2. The zero-order valence-electron chi connectivity index (χ0n) is 13.1. The van der Waals surface area contributed by atoms with E-state index in [2.05, 4.69) is 9.46 Å². The molecule has 0 N–H and O–H groups in total. The standard InChI is InChI=1S/C15H16F3N3O2S/c1-3-24(23,4-2)20-14(22)13-9-10-21(19-13)12-7-5-11(6-8-12)15(16,17)18/h5-10H,3-4H2,1-2H3. The van der Waals surface area contributed by atoms with Gasteiger partial charge in [-0.15, -0.1) is 0 Å². The average molecular weight is 359 g/mol. The summed E-state index contributed by atoms with van der Waals surface area (Å²) in [6, 6.07) is 5.76. The summed E-state index contributed by atoms with van der Waals surface area (Å²) in [5.74, 6) is -0.182. The first-order valence-electron chi connectivity index (χ1n) is 7.18. The van der Waals surface area contributed by atoms with Crippen molar-refractivity contribution in [1.29, 1.82) is 0 Å². The van der Waals surface area contributed by atoms with Crippen molar-refractivity contribution in [3.63, 3.8) is 0 Å². The largest absolute Gasteiger partial charge is 0.416 e. The molecule has 0 aliphatic carbocycles. The monoisotopic (exact) mass is 359 g/mol. The van der Waals surface area contributed by atoms with E-state index >= 15 is 0 Å². The molecule has 130 valence electrons. The Kier molecular flexibility index (Phi) is 5.12. The van der Waals surface area contributed by atoms with Crippen LogP contribution in [0.4, 0.5) is 13.2 Å². The molecular weight excluding hydrogens is 343 g/mol. The number of rotatable bonds is 4. The minimum absolute atomic E-state index is 0.00970. The van der Waals surface area contributed by atoms with Gasteiger partial charge in [0.15, 0.2) is 5.69 Å². The molecule has 1 aromatic heterocycles. The molecule has 0 bridgehead atoms. The summed E-state index contributed by atoms with van der Waals surface area (Å²) in [7, 11) is -2.59. The van der Waals surface area contributed by atoms with Gasteiger partial charge in [-0.3, -0.25) is 4.79 Å². The third-order valence-corrected chi connectivity index (χ3v) is 5.72. The van der Waals surface area contributed by atoms with Crippen LogP contribution >= 0.6 is 0 Å². The van der Waals surface area contributed by atoms with Crippen molar-refractivity contribution in [3.8, 4) is 5.69 Å². The molecule has 1 aromatic carbocycles. The molecule has 1 amide bonds. The summed E-state index contributed by atoms with van der Waals surface area (Å²) >= 11 is 0. The van der Waals surface area contributed by atoms with Crippen molar-refractivity contribution in [2.24, 2.45) is 4.36 Å². The van der Waals surface area contributed by atoms with Crippen LogP contribution in [0.5, 0.6) is 0 Å². The lowest BCUT2D eigenvalue weighted by molar-refractivity contribution is -0.137. The first kappa shape index (κ1) is 18.2. The highest BCUT2D eigenvalue weighted by atomic mass is 32.2. The average Bonchev–Trinajstić information content (AvgIpc) is 3.04. The summed E-state index contributed by atoms with van der Waals surface area (Å²) in [4.78, 5) is 12.0. The molecule has 2 rings (SSSR count). The van der Waals surface area contributed by atoms with Gasteiger partial charge in [0.05, 0.1) is 21.0 Å². The third kappa shape index (κ3) is 4.02. The van der Waals surface area contributed by atoms with E-state index in [0.717, 1.165) is 12.1 Å². The van der Waals surface area contributed by atoms with Crippen LogP contribution in [0.3, 0.4) is 0 Å². The van der Waals surface area contributed by atoms with E-state index in [9.17, 15) is 22.2 Å². The molecule has 0 saturated carbocycles. The van der Waals surface area contributed by atoms with Crippen molar-refractivity contribution in [2.45, 2.75) is 20.0 Å². The van der Waals surface area contributed by atoms with Gasteiger partial charge in [0.1, 0.15) is 0 Å². The molecule has 0 atom stereocenters. The molecule has 2 aromatic rings. The summed E-state index contributed by atoms with van der Waals surface area (Å²) in [6.45, 7) is 3.37. The Morgan fingerprint density at radius 2 is 1.75 bits per heavy atom. The number of carbonyl (C=O) groups excluding carboxylic acids is 1. The fraction of sp³-hybridized carbons (Fsp3) is 0.333. The van der Waals surface area contributed by atoms with Crippen molar-refractivity contribution in [3.05, 3.63) is 47.8 Å². The molecule has 24 heavy (non-hydrogen) atoms. The van der Waals surface area contributed by atoms with Gasteiger partial charge >= 0.3 is 12.1 Å². The number of nitrogens with zero attached hydrogens (tertiary/aromatic N) is 3. The minimum Gasteiger partial charge on any atom is -0.264 e. The topological polar surface area (TPSA) is 64.3 Å². The predicted molar refractivity (Wildman–Crippen MR) is 84.5 cm³/mol. The van der Waals surface area contributed by atoms with Crippen LogP contribution in [0.25, 0.3) is 5.69 Å². The number of amides is 1. The highest BCUT2D eigenvalue weighted by Crippen LogP contribution is 2.29. The van der Waals surface area contributed by atoms with Crippen molar-refractivity contribution in [1.82, 2.24) is 9.78 Å². The van der Waals surface area contributed by atoms with E-state index < -0.39 is 27.4 Å². The lowest BCUT2D eigenvalue weighted by Crippen LogP contribution is -2.10. The number of aromatic nitrogens is 2. The summed E-state index contributed by atoms with van der Waals surface area (Å²) in [5, 5.41) is 3.99. The van der Waals surface area contributed by atoms with E-state index in [1.807, 2.05) is 0 Å². The molecule has 0 aliphatic rings. The zero-order valence-corrected chi connectivity index (χ0v) is 13.9. The Bertz CT molecular complexity index is 838. The second kappa shape index (κ2) is 6.76. The number of hydrogen-bond acceptors (Lipinski definition) is 3.